The van der Waals surface area contributed by atoms with E-state index in [1.54, 1.807) is 11.0 Å². The van der Waals surface area contributed by atoms with Gasteiger partial charge in [-0.3, -0.25) is 9.59 Å². The number of hydrogen-bond donors (Lipinski definition) is 2. The molecule has 0 saturated carbocycles. The quantitative estimate of drug-likeness (QED) is 0.825. The van der Waals surface area contributed by atoms with E-state index in [0.717, 1.165) is 0 Å². The maximum Gasteiger partial charge on any atom is 0.323 e. The molecule has 0 bridgehead atoms. The van der Waals surface area contributed by atoms with Crippen molar-refractivity contribution in [3.63, 3.8) is 0 Å². The molecular formula is C12H18N4O3. The fraction of sp³-hybridized carbons (Fsp3) is 0.500. The van der Waals surface area contributed by atoms with Gasteiger partial charge in [-0.15, -0.1) is 10.2 Å². The zero-order chi connectivity index (χ0) is 14.6. The Morgan fingerprint density at radius 3 is 2.32 bits per heavy atom. The molecule has 0 aromatic carbocycles. The molecule has 104 valence electrons. The number of carboxylic acids is 1. The predicted molar refractivity (Wildman–Crippen MR) is 70.2 cm³/mol. The van der Waals surface area contributed by atoms with Crippen molar-refractivity contribution in [2.24, 2.45) is 0 Å². The summed E-state index contributed by atoms with van der Waals surface area (Å²) in [6, 6.07) is 3.10. The standard InChI is InChI=1S/C12H18N4O3/c1-12(2,3)16(7-10(17)18)9-6-5-8(14-15-9)11(19)13-4/h5-6H,7H2,1-4H3,(H,13,19)(H,17,18). The average molecular weight is 266 g/mol. The number of carbonyl (C=O) groups is 2. The molecule has 0 atom stereocenters. The number of amides is 1. The third-order valence-electron chi connectivity index (χ3n) is 2.49. The third kappa shape index (κ3) is 3.90. The second-order valence-electron chi connectivity index (χ2n) is 5.01. The second-order valence-corrected chi connectivity index (χ2v) is 5.01. The zero-order valence-electron chi connectivity index (χ0n) is 11.5. The average Bonchev–Trinajstić information content (AvgIpc) is 2.34. The van der Waals surface area contributed by atoms with Gasteiger partial charge in [0.1, 0.15) is 6.54 Å². The highest BCUT2D eigenvalue weighted by atomic mass is 16.4. The summed E-state index contributed by atoms with van der Waals surface area (Å²) in [6.45, 7) is 5.45. The number of hydrogen-bond acceptors (Lipinski definition) is 5. The minimum Gasteiger partial charge on any atom is -0.480 e. The van der Waals surface area contributed by atoms with E-state index in [1.165, 1.54) is 13.1 Å². The third-order valence-corrected chi connectivity index (χ3v) is 2.49. The maximum absolute atomic E-state index is 11.3. The molecule has 0 aliphatic carbocycles. The lowest BCUT2D eigenvalue weighted by Gasteiger charge is -2.34. The van der Waals surface area contributed by atoms with Crippen LogP contribution in [0.3, 0.4) is 0 Å². The summed E-state index contributed by atoms with van der Waals surface area (Å²) in [7, 11) is 1.50. The van der Waals surface area contributed by atoms with Crippen LogP contribution in [-0.2, 0) is 4.79 Å². The molecule has 1 rings (SSSR count). The summed E-state index contributed by atoms with van der Waals surface area (Å²) in [5.74, 6) is -0.866. The van der Waals surface area contributed by atoms with E-state index in [4.69, 9.17) is 5.11 Å². The van der Waals surface area contributed by atoms with Crippen LogP contribution < -0.4 is 10.2 Å². The Morgan fingerprint density at radius 2 is 1.95 bits per heavy atom. The van der Waals surface area contributed by atoms with Crippen molar-refractivity contribution in [1.29, 1.82) is 0 Å². The molecule has 0 spiro atoms. The monoisotopic (exact) mass is 266 g/mol. The Balaban J connectivity index is 3.04. The molecule has 0 saturated heterocycles. The van der Waals surface area contributed by atoms with Crippen molar-refractivity contribution in [1.82, 2.24) is 15.5 Å². The molecule has 0 aliphatic heterocycles. The normalized spacial score (nSPS) is 10.9. The minimum atomic E-state index is -0.952. The number of carboxylic acid groups (broad SMARTS) is 1. The summed E-state index contributed by atoms with van der Waals surface area (Å²) in [5.41, 5.74) is -0.225. The molecule has 2 N–H and O–H groups in total. The van der Waals surface area contributed by atoms with Gasteiger partial charge in [-0.05, 0) is 32.9 Å². The Kier molecular flexibility index (Phi) is 4.42. The minimum absolute atomic E-state index is 0.183. The summed E-state index contributed by atoms with van der Waals surface area (Å²) >= 11 is 0. The van der Waals surface area contributed by atoms with Crippen molar-refractivity contribution >= 4 is 17.7 Å². The topological polar surface area (TPSA) is 95.4 Å². The number of anilines is 1. The van der Waals surface area contributed by atoms with Gasteiger partial charge in [0.15, 0.2) is 11.5 Å². The lowest BCUT2D eigenvalue weighted by atomic mass is 10.1. The van der Waals surface area contributed by atoms with Crippen LogP contribution in [0.25, 0.3) is 0 Å². The molecule has 0 aliphatic rings. The lowest BCUT2D eigenvalue weighted by Crippen LogP contribution is -2.45. The van der Waals surface area contributed by atoms with Crippen LogP contribution in [0.5, 0.6) is 0 Å². The first kappa shape index (κ1) is 14.9. The second kappa shape index (κ2) is 5.64. The smallest absolute Gasteiger partial charge is 0.323 e. The van der Waals surface area contributed by atoms with E-state index in [2.05, 4.69) is 15.5 Å². The Morgan fingerprint density at radius 1 is 1.32 bits per heavy atom. The van der Waals surface area contributed by atoms with E-state index in [0.29, 0.717) is 5.82 Å². The van der Waals surface area contributed by atoms with Crippen LogP contribution in [0.15, 0.2) is 12.1 Å². The molecule has 1 heterocycles. The van der Waals surface area contributed by atoms with E-state index < -0.39 is 11.5 Å². The van der Waals surface area contributed by atoms with Crippen LogP contribution in [0.2, 0.25) is 0 Å². The van der Waals surface area contributed by atoms with Crippen LogP contribution in [0.4, 0.5) is 5.82 Å². The molecule has 0 fully saturated rings. The molecule has 0 radical (unpaired) electrons. The number of nitrogens with one attached hydrogen (secondary N) is 1. The van der Waals surface area contributed by atoms with Crippen molar-refractivity contribution in [2.45, 2.75) is 26.3 Å². The summed E-state index contributed by atoms with van der Waals surface area (Å²) in [4.78, 5) is 23.9. The van der Waals surface area contributed by atoms with Gasteiger partial charge in [0.25, 0.3) is 5.91 Å². The van der Waals surface area contributed by atoms with E-state index >= 15 is 0 Å². The number of aromatic nitrogens is 2. The van der Waals surface area contributed by atoms with Gasteiger partial charge in [-0.25, -0.2) is 0 Å². The zero-order valence-corrected chi connectivity index (χ0v) is 11.5. The van der Waals surface area contributed by atoms with Crippen molar-refractivity contribution in [3.05, 3.63) is 17.8 Å². The van der Waals surface area contributed by atoms with E-state index in [9.17, 15) is 9.59 Å². The van der Waals surface area contributed by atoms with E-state index in [1.807, 2.05) is 20.8 Å². The van der Waals surface area contributed by atoms with Crippen molar-refractivity contribution < 1.29 is 14.7 Å². The fourth-order valence-corrected chi connectivity index (χ4v) is 1.52. The van der Waals surface area contributed by atoms with Gasteiger partial charge < -0.3 is 15.3 Å². The van der Waals surface area contributed by atoms with Gasteiger partial charge in [-0.2, -0.15) is 0 Å². The van der Waals surface area contributed by atoms with Gasteiger partial charge in [0, 0.05) is 12.6 Å². The molecule has 0 unspecified atom stereocenters. The SMILES string of the molecule is CNC(=O)c1ccc(N(CC(=O)O)C(C)(C)C)nn1. The summed E-state index contributed by atoms with van der Waals surface area (Å²) in [5, 5.41) is 19.1. The molecule has 1 aromatic rings. The Labute approximate surface area is 111 Å². The number of aliphatic carboxylic acids is 1. The highest BCUT2D eigenvalue weighted by Gasteiger charge is 2.25. The van der Waals surface area contributed by atoms with Crippen LogP contribution in [0.1, 0.15) is 31.3 Å². The summed E-state index contributed by atoms with van der Waals surface area (Å²) in [6.07, 6.45) is 0. The van der Waals surface area contributed by atoms with Gasteiger partial charge in [0.2, 0.25) is 0 Å². The van der Waals surface area contributed by atoms with E-state index in [-0.39, 0.29) is 18.1 Å². The molecule has 19 heavy (non-hydrogen) atoms. The van der Waals surface area contributed by atoms with Crippen molar-refractivity contribution in [3.8, 4) is 0 Å². The first-order valence-corrected chi connectivity index (χ1v) is 5.81. The molecule has 7 nitrogen and oxygen atoms in total. The Bertz CT molecular complexity index is 465. The maximum atomic E-state index is 11.3. The fourth-order valence-electron chi connectivity index (χ4n) is 1.52. The first-order valence-electron chi connectivity index (χ1n) is 5.81. The highest BCUT2D eigenvalue weighted by molar-refractivity contribution is 5.91. The molecule has 1 amide bonds. The van der Waals surface area contributed by atoms with Crippen LogP contribution >= 0.6 is 0 Å². The molecule has 1 aromatic heterocycles. The molecule has 7 heteroatoms. The van der Waals surface area contributed by atoms with Crippen molar-refractivity contribution in [2.75, 3.05) is 18.5 Å². The van der Waals surface area contributed by atoms with Crippen LogP contribution in [0, 0.1) is 0 Å². The number of nitrogens with zero attached hydrogens (tertiary/aromatic N) is 3. The van der Waals surface area contributed by atoms with Gasteiger partial charge >= 0.3 is 5.97 Å². The van der Waals surface area contributed by atoms with Crippen LogP contribution in [-0.4, -0.2) is 46.3 Å². The molecular weight excluding hydrogens is 248 g/mol. The first-order chi connectivity index (χ1) is 8.75. The lowest BCUT2D eigenvalue weighted by molar-refractivity contribution is -0.135. The number of carbonyl (C=O) groups excluding carboxylic acids is 1. The Hall–Kier alpha value is -2.18. The summed E-state index contributed by atoms with van der Waals surface area (Å²) < 4.78 is 0. The number of rotatable bonds is 4. The van der Waals surface area contributed by atoms with Gasteiger partial charge in [0.05, 0.1) is 0 Å². The predicted octanol–water partition coefficient (Wildman–Crippen LogP) is 0.526. The largest absolute Gasteiger partial charge is 0.480 e. The highest BCUT2D eigenvalue weighted by Crippen LogP contribution is 2.20. The van der Waals surface area contributed by atoms with Gasteiger partial charge in [-0.1, -0.05) is 0 Å².